The topological polar surface area (TPSA) is 70.8 Å². The molecule has 0 spiro atoms. The third kappa shape index (κ3) is 2.03. The third-order valence-electron chi connectivity index (χ3n) is 3.81. The number of fused-ring (bicyclic) bond motifs is 1. The van der Waals surface area contributed by atoms with E-state index in [1.807, 2.05) is 23.1 Å². The molecule has 0 aliphatic carbocycles. The number of piperazine rings is 1. The Morgan fingerprint density at radius 3 is 3.05 bits per heavy atom. The summed E-state index contributed by atoms with van der Waals surface area (Å²) in [7, 11) is 1.62. The first kappa shape index (κ1) is 12.0. The van der Waals surface area contributed by atoms with Crippen LogP contribution in [0.25, 0.3) is 0 Å². The van der Waals surface area contributed by atoms with E-state index in [2.05, 4.69) is 10.2 Å². The zero-order valence-electron chi connectivity index (χ0n) is 10.9. The Balaban J connectivity index is 1.78. The van der Waals surface area contributed by atoms with Gasteiger partial charge in [0.05, 0.1) is 18.8 Å². The molecule has 1 atom stereocenters. The Morgan fingerprint density at radius 1 is 1.42 bits per heavy atom. The Hall–Kier alpha value is -2.11. The highest BCUT2D eigenvalue weighted by atomic mass is 16.5. The molecule has 3 N–H and O–H groups in total. The first-order valence-electron chi connectivity index (χ1n) is 6.42. The van der Waals surface area contributed by atoms with Crippen molar-refractivity contribution in [2.45, 2.75) is 6.04 Å². The van der Waals surface area contributed by atoms with Crippen molar-refractivity contribution in [3.05, 3.63) is 18.2 Å². The molecule has 0 bridgehead atoms. The van der Waals surface area contributed by atoms with E-state index < -0.39 is 0 Å². The number of methoxy groups -OCH3 is 1. The summed E-state index contributed by atoms with van der Waals surface area (Å²) in [4.78, 5) is 15.7. The summed E-state index contributed by atoms with van der Waals surface area (Å²) in [6.45, 7) is 3.15. The Morgan fingerprint density at radius 2 is 2.26 bits per heavy atom. The minimum atomic E-state index is 0.0551. The van der Waals surface area contributed by atoms with Gasteiger partial charge in [-0.05, 0) is 12.1 Å². The van der Waals surface area contributed by atoms with Crippen LogP contribution >= 0.6 is 0 Å². The standard InChI is InChI=1S/C13H18N4O2/c1-19-12-6-9(2-3-11(12)14)16-4-5-17-10(8-16)7-15-13(17)18/h2-3,6,10H,4-5,7-8,14H2,1H3,(H,15,18). The van der Waals surface area contributed by atoms with Crippen molar-refractivity contribution >= 4 is 17.4 Å². The van der Waals surface area contributed by atoms with Gasteiger partial charge in [-0.3, -0.25) is 0 Å². The molecule has 2 heterocycles. The van der Waals surface area contributed by atoms with Crippen molar-refractivity contribution in [2.75, 3.05) is 43.9 Å². The average Bonchev–Trinajstić information content (AvgIpc) is 2.80. The van der Waals surface area contributed by atoms with Crippen LogP contribution in [0.2, 0.25) is 0 Å². The van der Waals surface area contributed by atoms with E-state index in [0.29, 0.717) is 11.4 Å². The predicted octanol–water partition coefficient (Wildman–Crippen LogP) is 0.491. The summed E-state index contributed by atoms with van der Waals surface area (Å²) in [5, 5.41) is 2.88. The van der Waals surface area contributed by atoms with Gasteiger partial charge in [-0.1, -0.05) is 0 Å². The van der Waals surface area contributed by atoms with Gasteiger partial charge in [0, 0.05) is 37.9 Å². The van der Waals surface area contributed by atoms with E-state index in [1.54, 1.807) is 7.11 Å². The molecule has 19 heavy (non-hydrogen) atoms. The Labute approximate surface area is 112 Å². The predicted molar refractivity (Wildman–Crippen MR) is 73.5 cm³/mol. The van der Waals surface area contributed by atoms with Crippen LogP contribution in [0.3, 0.4) is 0 Å². The van der Waals surface area contributed by atoms with E-state index in [9.17, 15) is 4.79 Å². The molecule has 3 rings (SSSR count). The number of urea groups is 1. The number of benzene rings is 1. The minimum absolute atomic E-state index is 0.0551. The molecule has 1 aromatic rings. The maximum absolute atomic E-state index is 11.6. The second-order valence-corrected chi connectivity index (χ2v) is 4.91. The number of anilines is 2. The number of hydrogen-bond donors (Lipinski definition) is 2. The van der Waals surface area contributed by atoms with E-state index in [1.165, 1.54) is 0 Å². The number of nitrogens with two attached hydrogens (primary N) is 1. The van der Waals surface area contributed by atoms with Crippen LogP contribution in [0.5, 0.6) is 5.75 Å². The molecule has 1 unspecified atom stereocenters. The highest BCUT2D eigenvalue weighted by molar-refractivity contribution is 5.77. The molecular weight excluding hydrogens is 244 g/mol. The van der Waals surface area contributed by atoms with Gasteiger partial charge < -0.3 is 25.6 Å². The van der Waals surface area contributed by atoms with Crippen LogP contribution in [0.4, 0.5) is 16.2 Å². The molecule has 2 fully saturated rings. The molecule has 2 aliphatic heterocycles. The summed E-state index contributed by atoms with van der Waals surface area (Å²) in [6, 6.07) is 6.12. The quantitative estimate of drug-likeness (QED) is 0.761. The van der Waals surface area contributed by atoms with Crippen molar-refractivity contribution in [1.82, 2.24) is 10.2 Å². The molecular formula is C13H18N4O2. The number of carbonyl (C=O) groups is 1. The highest BCUT2D eigenvalue weighted by Gasteiger charge is 2.35. The van der Waals surface area contributed by atoms with E-state index in [0.717, 1.165) is 31.9 Å². The Kier molecular flexibility index (Phi) is 2.85. The first-order chi connectivity index (χ1) is 9.19. The summed E-state index contributed by atoms with van der Waals surface area (Å²) < 4.78 is 5.25. The molecule has 2 amide bonds. The summed E-state index contributed by atoms with van der Waals surface area (Å²) in [6.07, 6.45) is 0. The van der Waals surface area contributed by atoms with E-state index in [4.69, 9.17) is 10.5 Å². The molecule has 1 aromatic carbocycles. The lowest BCUT2D eigenvalue weighted by Crippen LogP contribution is -2.52. The molecule has 2 aliphatic rings. The average molecular weight is 262 g/mol. The Bertz CT molecular complexity index is 505. The summed E-state index contributed by atoms with van der Waals surface area (Å²) >= 11 is 0. The normalized spacial score (nSPS) is 22.2. The van der Waals surface area contributed by atoms with Gasteiger partial charge in [0.2, 0.25) is 0 Å². The number of carbonyl (C=O) groups excluding carboxylic acids is 1. The number of ether oxygens (including phenoxy) is 1. The van der Waals surface area contributed by atoms with Gasteiger partial charge in [0.1, 0.15) is 5.75 Å². The van der Waals surface area contributed by atoms with Crippen molar-refractivity contribution in [2.24, 2.45) is 0 Å². The van der Waals surface area contributed by atoms with Gasteiger partial charge in [0.25, 0.3) is 0 Å². The van der Waals surface area contributed by atoms with Gasteiger partial charge in [-0.2, -0.15) is 0 Å². The third-order valence-corrected chi connectivity index (χ3v) is 3.81. The van der Waals surface area contributed by atoms with Crippen molar-refractivity contribution in [3.8, 4) is 5.75 Å². The van der Waals surface area contributed by atoms with Gasteiger partial charge >= 0.3 is 6.03 Å². The zero-order valence-corrected chi connectivity index (χ0v) is 10.9. The lowest BCUT2D eigenvalue weighted by molar-refractivity contribution is 0.197. The number of nitrogens with one attached hydrogen (secondary N) is 1. The lowest BCUT2D eigenvalue weighted by Gasteiger charge is -2.37. The van der Waals surface area contributed by atoms with Crippen molar-refractivity contribution in [3.63, 3.8) is 0 Å². The van der Waals surface area contributed by atoms with Crippen LogP contribution in [0, 0.1) is 0 Å². The molecule has 6 heteroatoms. The minimum Gasteiger partial charge on any atom is -0.495 e. The summed E-state index contributed by atoms with van der Waals surface area (Å²) in [5.74, 6) is 0.695. The van der Waals surface area contributed by atoms with Crippen LogP contribution in [-0.2, 0) is 0 Å². The number of nitrogens with zero attached hydrogens (tertiary/aromatic N) is 2. The van der Waals surface area contributed by atoms with Gasteiger partial charge in [-0.25, -0.2) is 4.79 Å². The highest BCUT2D eigenvalue weighted by Crippen LogP contribution is 2.29. The van der Waals surface area contributed by atoms with Gasteiger partial charge in [-0.15, -0.1) is 0 Å². The second kappa shape index (κ2) is 4.53. The van der Waals surface area contributed by atoms with E-state index in [-0.39, 0.29) is 12.1 Å². The number of hydrogen-bond acceptors (Lipinski definition) is 4. The summed E-state index contributed by atoms with van der Waals surface area (Å²) in [5.41, 5.74) is 7.56. The monoisotopic (exact) mass is 262 g/mol. The lowest BCUT2D eigenvalue weighted by atomic mass is 10.1. The fourth-order valence-electron chi connectivity index (χ4n) is 2.74. The zero-order chi connectivity index (χ0) is 13.4. The molecule has 0 saturated carbocycles. The SMILES string of the molecule is COc1cc(N2CCN3C(=O)NCC3C2)ccc1N. The molecule has 0 radical (unpaired) electrons. The smallest absolute Gasteiger partial charge is 0.317 e. The first-order valence-corrected chi connectivity index (χ1v) is 6.42. The van der Waals surface area contributed by atoms with Gasteiger partial charge in [0.15, 0.2) is 0 Å². The maximum Gasteiger partial charge on any atom is 0.317 e. The van der Waals surface area contributed by atoms with Crippen molar-refractivity contribution < 1.29 is 9.53 Å². The van der Waals surface area contributed by atoms with Crippen LogP contribution < -0.4 is 20.7 Å². The second-order valence-electron chi connectivity index (χ2n) is 4.91. The molecule has 102 valence electrons. The fourth-order valence-corrected chi connectivity index (χ4v) is 2.74. The number of amides is 2. The largest absolute Gasteiger partial charge is 0.495 e. The number of rotatable bonds is 2. The van der Waals surface area contributed by atoms with Crippen LogP contribution in [-0.4, -0.2) is 50.3 Å². The molecule has 0 aromatic heterocycles. The van der Waals surface area contributed by atoms with E-state index >= 15 is 0 Å². The molecule has 2 saturated heterocycles. The van der Waals surface area contributed by atoms with Crippen molar-refractivity contribution in [1.29, 1.82) is 0 Å². The van der Waals surface area contributed by atoms with Crippen LogP contribution in [0.1, 0.15) is 0 Å². The maximum atomic E-state index is 11.6. The molecule has 6 nitrogen and oxygen atoms in total. The number of nitrogen functional groups attached to an aromatic ring is 1. The van der Waals surface area contributed by atoms with Crippen LogP contribution in [0.15, 0.2) is 18.2 Å². The fraction of sp³-hybridized carbons (Fsp3) is 0.462.